The lowest BCUT2D eigenvalue weighted by Crippen LogP contribution is -2.30. The first-order valence-corrected chi connectivity index (χ1v) is 9.87. The zero-order valence-corrected chi connectivity index (χ0v) is 17.7. The van der Waals surface area contributed by atoms with Crippen molar-refractivity contribution in [3.63, 3.8) is 0 Å². The van der Waals surface area contributed by atoms with E-state index in [4.69, 9.17) is 20.8 Å². The summed E-state index contributed by atoms with van der Waals surface area (Å²) in [5.41, 5.74) is 1.02. The van der Waals surface area contributed by atoms with Gasteiger partial charge in [0.05, 0.1) is 23.3 Å². The van der Waals surface area contributed by atoms with Crippen LogP contribution >= 0.6 is 11.6 Å². The molecule has 1 atom stereocenters. The number of hydrogen-bond acceptors (Lipinski definition) is 5. The summed E-state index contributed by atoms with van der Waals surface area (Å²) in [6.45, 7) is 5.98. The number of halogens is 1. The molecule has 0 bridgehead atoms. The second kappa shape index (κ2) is 8.33. The molecule has 0 radical (unpaired) electrons. The van der Waals surface area contributed by atoms with E-state index < -0.39 is 17.7 Å². The van der Waals surface area contributed by atoms with Crippen molar-refractivity contribution in [2.75, 3.05) is 13.7 Å². The zero-order chi connectivity index (χ0) is 21.3. The number of Topliss-reactive ketones (excluding diaryl/α,β-unsaturated/α-hetero) is 1. The molecule has 2 aromatic rings. The quantitative estimate of drug-likeness (QED) is 0.415. The first kappa shape index (κ1) is 21.0. The van der Waals surface area contributed by atoms with Crippen molar-refractivity contribution in [1.29, 1.82) is 0 Å². The number of aliphatic hydroxyl groups excluding tert-OH is 1. The van der Waals surface area contributed by atoms with Gasteiger partial charge in [-0.1, -0.05) is 24.9 Å². The van der Waals surface area contributed by atoms with E-state index in [-0.39, 0.29) is 22.6 Å². The van der Waals surface area contributed by atoms with Crippen LogP contribution in [0, 0.1) is 13.8 Å². The smallest absolute Gasteiger partial charge is 0.295 e. The molecule has 1 aromatic heterocycles. The Morgan fingerprint density at radius 3 is 2.59 bits per heavy atom. The van der Waals surface area contributed by atoms with Crippen LogP contribution in [0.1, 0.15) is 48.5 Å². The lowest BCUT2D eigenvalue weighted by atomic mass is 9.97. The van der Waals surface area contributed by atoms with Gasteiger partial charge in [0.2, 0.25) is 0 Å². The highest BCUT2D eigenvalue weighted by Crippen LogP contribution is 2.43. The number of aryl methyl sites for hydroxylation is 2. The normalized spacial score (nSPS) is 18.5. The Bertz CT molecular complexity index is 991. The molecule has 2 heterocycles. The Balaban J connectivity index is 2.24. The van der Waals surface area contributed by atoms with E-state index in [0.717, 1.165) is 18.4 Å². The van der Waals surface area contributed by atoms with Crippen molar-refractivity contribution in [1.82, 2.24) is 4.90 Å². The number of carbonyl (C=O) groups is 2. The van der Waals surface area contributed by atoms with Gasteiger partial charge in [-0.2, -0.15) is 0 Å². The molecule has 1 aliphatic heterocycles. The number of furan rings is 1. The van der Waals surface area contributed by atoms with E-state index in [1.165, 1.54) is 12.0 Å². The third-order valence-corrected chi connectivity index (χ3v) is 5.25. The van der Waals surface area contributed by atoms with Crippen LogP contribution in [0.2, 0.25) is 5.02 Å². The predicted molar refractivity (Wildman–Crippen MR) is 110 cm³/mol. The minimum absolute atomic E-state index is 0.0274. The number of ether oxygens (including phenoxy) is 1. The summed E-state index contributed by atoms with van der Waals surface area (Å²) in [7, 11) is 1.43. The number of methoxy groups -OCH3 is 1. The minimum Gasteiger partial charge on any atom is -0.507 e. The molecule has 154 valence electrons. The van der Waals surface area contributed by atoms with Crippen LogP contribution in [0.4, 0.5) is 0 Å². The monoisotopic (exact) mass is 417 g/mol. The van der Waals surface area contributed by atoms with Gasteiger partial charge in [-0.15, -0.1) is 0 Å². The highest BCUT2D eigenvalue weighted by atomic mass is 35.5. The first-order valence-electron chi connectivity index (χ1n) is 9.49. The Morgan fingerprint density at radius 1 is 1.28 bits per heavy atom. The fraction of sp³-hybridized carbons (Fsp3) is 0.364. The lowest BCUT2D eigenvalue weighted by Gasteiger charge is -2.23. The van der Waals surface area contributed by atoms with Crippen molar-refractivity contribution >= 4 is 29.1 Å². The maximum Gasteiger partial charge on any atom is 0.295 e. The SMILES string of the molecule is CCCCN1C(=O)C(=O)/C(=C(/O)c2cc(C)cc(Cl)c2OC)C1c1ccc(C)o1. The number of aliphatic hydroxyl groups is 1. The fourth-order valence-electron chi connectivity index (χ4n) is 3.59. The molecule has 1 fully saturated rings. The molecular formula is C22H24ClNO5. The number of ketones is 1. The van der Waals surface area contributed by atoms with Gasteiger partial charge in [-0.25, -0.2) is 0 Å². The second-order valence-electron chi connectivity index (χ2n) is 7.12. The van der Waals surface area contributed by atoms with Crippen LogP contribution < -0.4 is 4.74 Å². The van der Waals surface area contributed by atoms with Crippen molar-refractivity contribution in [3.05, 3.63) is 57.5 Å². The topological polar surface area (TPSA) is 80.0 Å². The lowest BCUT2D eigenvalue weighted by molar-refractivity contribution is -0.140. The maximum absolute atomic E-state index is 12.9. The van der Waals surface area contributed by atoms with Gasteiger partial charge in [0, 0.05) is 6.54 Å². The maximum atomic E-state index is 12.9. The van der Waals surface area contributed by atoms with E-state index >= 15 is 0 Å². The zero-order valence-electron chi connectivity index (χ0n) is 16.9. The van der Waals surface area contributed by atoms with Crippen molar-refractivity contribution in [2.24, 2.45) is 0 Å². The number of nitrogens with zero attached hydrogens (tertiary/aromatic N) is 1. The van der Waals surface area contributed by atoms with Gasteiger partial charge < -0.3 is 19.2 Å². The number of benzene rings is 1. The van der Waals surface area contributed by atoms with Crippen molar-refractivity contribution < 1.29 is 23.8 Å². The van der Waals surface area contributed by atoms with Gasteiger partial charge in [-0.05, 0) is 50.1 Å². The molecule has 1 aliphatic rings. The largest absolute Gasteiger partial charge is 0.507 e. The van der Waals surface area contributed by atoms with Crippen LogP contribution in [-0.4, -0.2) is 35.4 Å². The Hall–Kier alpha value is -2.73. The molecule has 1 saturated heterocycles. The molecule has 7 heteroatoms. The van der Waals surface area contributed by atoms with Crippen LogP contribution in [0.25, 0.3) is 5.76 Å². The summed E-state index contributed by atoms with van der Waals surface area (Å²) in [4.78, 5) is 27.2. The van der Waals surface area contributed by atoms with Crippen LogP contribution in [0.3, 0.4) is 0 Å². The molecule has 3 rings (SSSR count). The van der Waals surface area contributed by atoms with Gasteiger partial charge >= 0.3 is 0 Å². The second-order valence-corrected chi connectivity index (χ2v) is 7.53. The number of hydrogen-bond donors (Lipinski definition) is 1. The number of amides is 1. The third-order valence-electron chi connectivity index (χ3n) is 4.97. The average Bonchev–Trinajstić information content (AvgIpc) is 3.20. The summed E-state index contributed by atoms with van der Waals surface area (Å²) in [5, 5.41) is 11.5. The molecule has 1 aromatic carbocycles. The van der Waals surface area contributed by atoms with Crippen molar-refractivity contribution in [2.45, 2.75) is 39.7 Å². The Kier molecular flexibility index (Phi) is 6.03. The number of carbonyl (C=O) groups excluding carboxylic acids is 2. The van der Waals surface area contributed by atoms with Crippen LogP contribution in [-0.2, 0) is 9.59 Å². The molecule has 1 unspecified atom stereocenters. The Labute approximate surface area is 174 Å². The van der Waals surface area contributed by atoms with Crippen molar-refractivity contribution in [3.8, 4) is 5.75 Å². The summed E-state index contributed by atoms with van der Waals surface area (Å²) < 4.78 is 11.1. The summed E-state index contributed by atoms with van der Waals surface area (Å²) in [6.07, 6.45) is 1.58. The first-order chi connectivity index (χ1) is 13.8. The van der Waals surface area contributed by atoms with E-state index in [0.29, 0.717) is 23.1 Å². The molecular weight excluding hydrogens is 394 g/mol. The fourth-order valence-corrected chi connectivity index (χ4v) is 3.94. The van der Waals surface area contributed by atoms with Gasteiger partial charge in [0.1, 0.15) is 29.1 Å². The number of likely N-dealkylation sites (tertiary alicyclic amines) is 1. The highest BCUT2D eigenvalue weighted by Gasteiger charge is 2.47. The molecule has 0 saturated carbocycles. The van der Waals surface area contributed by atoms with E-state index in [1.54, 1.807) is 31.2 Å². The van der Waals surface area contributed by atoms with E-state index in [9.17, 15) is 14.7 Å². The van der Waals surface area contributed by atoms with Gasteiger partial charge in [0.15, 0.2) is 0 Å². The van der Waals surface area contributed by atoms with Gasteiger partial charge in [0.25, 0.3) is 11.7 Å². The molecule has 1 N–H and O–H groups in total. The summed E-state index contributed by atoms with van der Waals surface area (Å²) >= 11 is 6.27. The molecule has 1 amide bonds. The predicted octanol–water partition coefficient (Wildman–Crippen LogP) is 4.78. The molecule has 6 nitrogen and oxygen atoms in total. The molecule has 0 aliphatic carbocycles. The number of rotatable bonds is 6. The highest BCUT2D eigenvalue weighted by molar-refractivity contribution is 6.46. The number of unbranched alkanes of at least 4 members (excludes halogenated alkanes) is 1. The van der Waals surface area contributed by atoms with E-state index in [1.807, 2.05) is 13.8 Å². The Morgan fingerprint density at radius 2 is 2.00 bits per heavy atom. The summed E-state index contributed by atoms with van der Waals surface area (Å²) in [5.74, 6) is -0.420. The van der Waals surface area contributed by atoms with Gasteiger partial charge in [-0.3, -0.25) is 9.59 Å². The average molecular weight is 418 g/mol. The molecule has 0 spiro atoms. The summed E-state index contributed by atoms with van der Waals surface area (Å²) in [6, 6.07) is 6.05. The van der Waals surface area contributed by atoms with Crippen LogP contribution in [0.5, 0.6) is 5.75 Å². The van der Waals surface area contributed by atoms with Crippen LogP contribution in [0.15, 0.2) is 34.3 Å². The third kappa shape index (κ3) is 3.77. The molecule has 29 heavy (non-hydrogen) atoms. The standard InChI is InChI=1S/C22H24ClNO5/c1-5-6-9-24-18(16-8-7-13(3)29-16)17(20(26)22(24)27)19(25)14-10-12(2)11-15(23)21(14)28-4/h7-8,10-11,18,25H,5-6,9H2,1-4H3/b19-17+. The minimum atomic E-state index is -0.806. The van der Waals surface area contributed by atoms with E-state index in [2.05, 4.69) is 0 Å².